The lowest BCUT2D eigenvalue weighted by atomic mass is 9.79. The van der Waals surface area contributed by atoms with Crippen LogP contribution in [0.2, 0.25) is 0 Å². The first-order valence-corrected chi connectivity index (χ1v) is 11.1. The number of amides is 1. The summed E-state index contributed by atoms with van der Waals surface area (Å²) in [4.78, 5) is 13.9. The number of nitrogens with zero attached hydrogens (tertiary/aromatic N) is 1. The molecule has 0 fully saturated rings. The standard InChI is InChI=1S/C20H34N2O.2C2H6/c1-6-10-17(15(8-3)9-4)18-12-11-16(20(21)23)14-19(18)22(5)13-7-2;2*1-2/h11-12,14-15,17H,6-10,13H2,1-5H3,(H2,21,23);2*1-2H3. The molecular weight excluding hydrogens is 332 g/mol. The van der Waals surface area contributed by atoms with Gasteiger partial charge < -0.3 is 10.6 Å². The van der Waals surface area contributed by atoms with Gasteiger partial charge in [0, 0.05) is 24.8 Å². The highest BCUT2D eigenvalue weighted by atomic mass is 16.1. The average molecular weight is 379 g/mol. The van der Waals surface area contributed by atoms with Crippen molar-refractivity contribution < 1.29 is 4.79 Å². The maximum Gasteiger partial charge on any atom is 0.248 e. The Labute approximate surface area is 169 Å². The molecule has 0 aliphatic heterocycles. The largest absolute Gasteiger partial charge is 0.374 e. The van der Waals surface area contributed by atoms with Gasteiger partial charge in [-0.15, -0.1) is 0 Å². The molecule has 2 N–H and O–H groups in total. The van der Waals surface area contributed by atoms with Crippen LogP contribution in [-0.2, 0) is 0 Å². The molecule has 0 aromatic heterocycles. The molecular formula is C24H46N2O. The first kappa shape index (κ1) is 27.7. The third-order valence-electron chi connectivity index (χ3n) is 4.90. The maximum absolute atomic E-state index is 11.6. The third kappa shape index (κ3) is 8.81. The number of hydrogen-bond acceptors (Lipinski definition) is 2. The van der Waals surface area contributed by atoms with Crippen LogP contribution in [0.1, 0.15) is 109 Å². The number of carbonyl (C=O) groups is 1. The second-order valence-corrected chi connectivity index (χ2v) is 6.53. The second kappa shape index (κ2) is 16.6. The molecule has 27 heavy (non-hydrogen) atoms. The number of hydrogen-bond donors (Lipinski definition) is 1. The van der Waals surface area contributed by atoms with Gasteiger partial charge in [-0.2, -0.15) is 0 Å². The molecule has 0 heterocycles. The molecule has 0 saturated carbocycles. The fourth-order valence-electron chi connectivity index (χ4n) is 3.61. The molecule has 0 aliphatic carbocycles. The quantitative estimate of drug-likeness (QED) is 0.476. The van der Waals surface area contributed by atoms with Crippen LogP contribution in [-0.4, -0.2) is 19.5 Å². The van der Waals surface area contributed by atoms with Crippen molar-refractivity contribution in [3.63, 3.8) is 0 Å². The molecule has 1 aromatic rings. The molecule has 1 atom stereocenters. The Morgan fingerprint density at radius 2 is 1.56 bits per heavy atom. The maximum atomic E-state index is 11.6. The second-order valence-electron chi connectivity index (χ2n) is 6.53. The minimum absolute atomic E-state index is 0.350. The van der Waals surface area contributed by atoms with E-state index in [-0.39, 0.29) is 5.91 Å². The predicted molar refractivity (Wildman–Crippen MR) is 123 cm³/mol. The van der Waals surface area contributed by atoms with Crippen molar-refractivity contribution in [2.75, 3.05) is 18.5 Å². The summed E-state index contributed by atoms with van der Waals surface area (Å²) in [5.74, 6) is 0.881. The minimum atomic E-state index is -0.350. The molecule has 0 radical (unpaired) electrons. The minimum Gasteiger partial charge on any atom is -0.374 e. The number of anilines is 1. The Morgan fingerprint density at radius 3 is 1.96 bits per heavy atom. The SMILES string of the molecule is CC.CC.CCCC(c1ccc(C(N)=O)cc1N(C)CCC)C(CC)CC. The summed E-state index contributed by atoms with van der Waals surface area (Å²) in [5.41, 5.74) is 8.65. The smallest absolute Gasteiger partial charge is 0.248 e. The highest BCUT2D eigenvalue weighted by molar-refractivity contribution is 5.94. The van der Waals surface area contributed by atoms with Crippen LogP contribution in [0.3, 0.4) is 0 Å². The van der Waals surface area contributed by atoms with Gasteiger partial charge in [-0.05, 0) is 42.4 Å². The van der Waals surface area contributed by atoms with Crippen molar-refractivity contribution in [2.24, 2.45) is 11.7 Å². The van der Waals surface area contributed by atoms with Crippen LogP contribution in [0.25, 0.3) is 0 Å². The lowest BCUT2D eigenvalue weighted by Crippen LogP contribution is -2.23. The van der Waals surface area contributed by atoms with Crippen molar-refractivity contribution in [3.05, 3.63) is 29.3 Å². The molecule has 1 unspecified atom stereocenters. The predicted octanol–water partition coefficient (Wildman–Crippen LogP) is 7.00. The van der Waals surface area contributed by atoms with E-state index in [4.69, 9.17) is 5.73 Å². The summed E-state index contributed by atoms with van der Waals surface area (Å²) < 4.78 is 0. The molecule has 0 bridgehead atoms. The zero-order valence-electron chi connectivity index (χ0n) is 19.6. The summed E-state index contributed by atoms with van der Waals surface area (Å²) in [7, 11) is 2.11. The normalized spacial score (nSPS) is 11.0. The Balaban J connectivity index is 0. The van der Waals surface area contributed by atoms with Gasteiger partial charge in [0.25, 0.3) is 0 Å². The van der Waals surface area contributed by atoms with E-state index in [1.807, 2.05) is 39.8 Å². The van der Waals surface area contributed by atoms with Crippen molar-refractivity contribution in [1.82, 2.24) is 0 Å². The lowest BCUT2D eigenvalue weighted by Gasteiger charge is -2.31. The molecule has 158 valence electrons. The van der Waals surface area contributed by atoms with E-state index in [0.717, 1.165) is 13.0 Å². The van der Waals surface area contributed by atoms with Crippen LogP contribution in [0, 0.1) is 5.92 Å². The summed E-state index contributed by atoms with van der Waals surface area (Å²) in [6, 6.07) is 6.02. The van der Waals surface area contributed by atoms with Gasteiger partial charge in [-0.25, -0.2) is 0 Å². The zero-order valence-corrected chi connectivity index (χ0v) is 19.6. The zero-order chi connectivity index (χ0) is 21.4. The lowest BCUT2D eigenvalue weighted by molar-refractivity contribution is 0.100. The Kier molecular flexibility index (Phi) is 17.1. The molecule has 1 amide bonds. The van der Waals surface area contributed by atoms with Crippen LogP contribution in [0.5, 0.6) is 0 Å². The molecule has 1 aromatic carbocycles. The van der Waals surface area contributed by atoms with Crippen LogP contribution in [0.15, 0.2) is 18.2 Å². The van der Waals surface area contributed by atoms with Gasteiger partial charge in [0.15, 0.2) is 0 Å². The molecule has 0 aliphatic rings. The number of nitrogens with two attached hydrogens (primary N) is 1. The third-order valence-corrected chi connectivity index (χ3v) is 4.90. The first-order chi connectivity index (χ1) is 13.0. The number of carbonyl (C=O) groups excluding carboxylic acids is 1. The van der Waals surface area contributed by atoms with E-state index in [0.29, 0.717) is 17.4 Å². The van der Waals surface area contributed by atoms with E-state index in [1.54, 1.807) is 0 Å². The number of primary amides is 1. The van der Waals surface area contributed by atoms with E-state index in [9.17, 15) is 4.79 Å². The Morgan fingerprint density at radius 1 is 1.00 bits per heavy atom. The van der Waals surface area contributed by atoms with Crippen molar-refractivity contribution in [2.45, 2.75) is 93.4 Å². The molecule has 0 saturated heterocycles. The first-order valence-electron chi connectivity index (χ1n) is 11.1. The van der Waals surface area contributed by atoms with Crippen LogP contribution < -0.4 is 10.6 Å². The summed E-state index contributed by atoms with van der Waals surface area (Å²) in [6.45, 7) is 18.0. The fourth-order valence-corrected chi connectivity index (χ4v) is 3.61. The van der Waals surface area contributed by atoms with Crippen molar-refractivity contribution in [3.8, 4) is 0 Å². The Hall–Kier alpha value is -1.51. The van der Waals surface area contributed by atoms with Gasteiger partial charge in [0.1, 0.15) is 0 Å². The van der Waals surface area contributed by atoms with Crippen LogP contribution >= 0.6 is 0 Å². The Bertz CT molecular complexity index is 495. The van der Waals surface area contributed by atoms with E-state index in [2.05, 4.69) is 45.7 Å². The van der Waals surface area contributed by atoms with E-state index >= 15 is 0 Å². The van der Waals surface area contributed by atoms with Gasteiger partial charge in [0.05, 0.1) is 0 Å². The van der Waals surface area contributed by atoms with Crippen molar-refractivity contribution in [1.29, 1.82) is 0 Å². The summed E-state index contributed by atoms with van der Waals surface area (Å²) in [6.07, 6.45) is 5.83. The molecule has 1 rings (SSSR count). The fraction of sp³-hybridized carbons (Fsp3) is 0.708. The van der Waals surface area contributed by atoms with Gasteiger partial charge in [-0.3, -0.25) is 4.79 Å². The highest BCUT2D eigenvalue weighted by Crippen LogP contribution is 2.39. The monoisotopic (exact) mass is 378 g/mol. The summed E-state index contributed by atoms with van der Waals surface area (Å²) >= 11 is 0. The average Bonchev–Trinajstić information content (AvgIpc) is 2.71. The van der Waals surface area contributed by atoms with E-state index in [1.165, 1.54) is 36.9 Å². The number of rotatable bonds is 10. The van der Waals surface area contributed by atoms with Crippen molar-refractivity contribution >= 4 is 11.6 Å². The molecule has 3 nitrogen and oxygen atoms in total. The van der Waals surface area contributed by atoms with Crippen LogP contribution in [0.4, 0.5) is 5.69 Å². The van der Waals surface area contributed by atoms with Gasteiger partial charge in [-0.1, -0.05) is 80.7 Å². The van der Waals surface area contributed by atoms with Gasteiger partial charge in [0.2, 0.25) is 5.91 Å². The highest BCUT2D eigenvalue weighted by Gasteiger charge is 2.24. The van der Waals surface area contributed by atoms with E-state index < -0.39 is 0 Å². The molecule has 0 spiro atoms. The number of benzene rings is 1. The molecule has 3 heteroatoms. The topological polar surface area (TPSA) is 46.3 Å². The van der Waals surface area contributed by atoms with Gasteiger partial charge >= 0.3 is 0 Å². The summed E-state index contributed by atoms with van der Waals surface area (Å²) in [5, 5.41) is 0.